The van der Waals surface area contributed by atoms with Gasteiger partial charge in [0.1, 0.15) is 23.2 Å². The molecule has 5 rings (SSSR count). The molecule has 2 aliphatic rings. The predicted molar refractivity (Wildman–Crippen MR) is 195 cm³/mol. The molecule has 0 aromatic heterocycles. The molecule has 9 nitrogen and oxygen atoms in total. The second-order valence-electron chi connectivity index (χ2n) is 13.5. The van der Waals surface area contributed by atoms with E-state index in [2.05, 4.69) is 19.6 Å². The maximum atomic E-state index is 14.3. The van der Waals surface area contributed by atoms with E-state index >= 15 is 0 Å². The molecule has 0 unspecified atom stereocenters. The van der Waals surface area contributed by atoms with E-state index in [4.69, 9.17) is 23.7 Å². The van der Waals surface area contributed by atoms with Crippen LogP contribution in [0.25, 0.3) is 0 Å². The smallest absolute Gasteiger partial charge is 0.346 e. The number of carbonyl (C=O) groups excluding carboxylic acids is 1. The molecule has 0 aliphatic carbocycles. The van der Waals surface area contributed by atoms with Crippen molar-refractivity contribution in [1.82, 2.24) is 4.31 Å². The Kier molecular flexibility index (Phi) is 12.8. The molecule has 0 bridgehead atoms. The number of ether oxygens (including phenoxy) is 5. The van der Waals surface area contributed by atoms with E-state index in [1.165, 1.54) is 23.2 Å². The summed E-state index contributed by atoms with van der Waals surface area (Å²) in [6.45, 7) is 9.05. The highest BCUT2D eigenvalue weighted by molar-refractivity contribution is 8.04. The van der Waals surface area contributed by atoms with Crippen LogP contribution < -0.4 is 0 Å². The lowest BCUT2D eigenvalue weighted by molar-refractivity contribution is -0.232. The third-order valence-electron chi connectivity index (χ3n) is 8.50. The minimum absolute atomic E-state index is 0.0651. The van der Waals surface area contributed by atoms with Gasteiger partial charge in [-0.25, -0.2) is 17.5 Å². The van der Waals surface area contributed by atoms with E-state index in [9.17, 15) is 13.2 Å². The molecule has 0 amide bonds. The van der Waals surface area contributed by atoms with Gasteiger partial charge < -0.3 is 23.7 Å². The van der Waals surface area contributed by atoms with Crippen molar-refractivity contribution in [2.75, 3.05) is 19.5 Å². The van der Waals surface area contributed by atoms with Crippen molar-refractivity contribution in [3.05, 3.63) is 118 Å². The Morgan fingerprint density at radius 3 is 1.84 bits per heavy atom. The maximum Gasteiger partial charge on any atom is 0.346 e. The fourth-order valence-electron chi connectivity index (χ4n) is 5.84. The van der Waals surface area contributed by atoms with Gasteiger partial charge in [-0.2, -0.15) is 0 Å². The van der Waals surface area contributed by atoms with E-state index in [1.807, 2.05) is 91.0 Å². The van der Waals surface area contributed by atoms with Crippen LogP contribution >= 0.6 is 11.8 Å². The Bertz CT molecular complexity index is 1650. The van der Waals surface area contributed by atoms with Crippen LogP contribution in [0.3, 0.4) is 0 Å². The van der Waals surface area contributed by atoms with Crippen molar-refractivity contribution in [3.8, 4) is 0 Å². The molecule has 1 fully saturated rings. The van der Waals surface area contributed by atoms with E-state index in [-0.39, 0.29) is 36.2 Å². The number of hydrogen-bond donors (Lipinski definition) is 0. The molecule has 2 heterocycles. The van der Waals surface area contributed by atoms with Crippen LogP contribution in [-0.2, 0) is 58.3 Å². The second-order valence-corrected chi connectivity index (χ2v) is 22.3. The summed E-state index contributed by atoms with van der Waals surface area (Å²) in [6, 6.07) is 30.0. The van der Waals surface area contributed by atoms with Crippen molar-refractivity contribution in [3.63, 3.8) is 0 Å². The van der Waals surface area contributed by atoms with Crippen LogP contribution in [0.5, 0.6) is 0 Å². The summed E-state index contributed by atoms with van der Waals surface area (Å²) in [7, 11) is -4.38. The molecule has 0 spiro atoms. The summed E-state index contributed by atoms with van der Waals surface area (Å²) in [5.41, 5.74) is 3.20. The number of rotatable bonds is 15. The van der Waals surface area contributed by atoms with Crippen LogP contribution in [0.15, 0.2) is 102 Å². The zero-order valence-corrected chi connectivity index (χ0v) is 31.5. The van der Waals surface area contributed by atoms with Gasteiger partial charge in [-0.05, 0) is 29.7 Å². The molecule has 0 saturated carbocycles. The molecule has 1 saturated heterocycles. The first-order valence-corrected chi connectivity index (χ1v) is 22.7. The van der Waals surface area contributed by atoms with Gasteiger partial charge in [-0.1, -0.05) is 111 Å². The number of thioether (sulfide) groups is 1. The summed E-state index contributed by atoms with van der Waals surface area (Å²) in [4.78, 5) is 13.4. The number of sulfonamides is 1. The quantitative estimate of drug-likeness (QED) is 0.127. The Labute approximate surface area is 296 Å². The lowest BCUT2D eigenvalue weighted by atomic mass is 9.99. The number of nitrogens with zero attached hydrogens (tertiary/aromatic N) is 1. The largest absolute Gasteiger partial charge is 0.465 e. The third-order valence-corrected chi connectivity index (χ3v) is 13.9. The average Bonchev–Trinajstić information content (AvgIpc) is 3.09. The summed E-state index contributed by atoms with van der Waals surface area (Å²) in [5.74, 6) is -0.673. The number of allylic oxidation sites excluding steroid dienone is 1. The minimum atomic E-state index is -3.93. The first-order chi connectivity index (χ1) is 23.5. The number of methoxy groups -OCH3 is 1. The molecule has 49 heavy (non-hydrogen) atoms. The van der Waals surface area contributed by atoms with E-state index in [1.54, 1.807) is 6.92 Å². The molecule has 0 radical (unpaired) electrons. The minimum Gasteiger partial charge on any atom is -0.465 e. The first-order valence-electron chi connectivity index (χ1n) is 16.5. The van der Waals surface area contributed by atoms with Crippen molar-refractivity contribution in [1.29, 1.82) is 0 Å². The fourth-order valence-corrected chi connectivity index (χ4v) is 12.0. The Balaban J connectivity index is 1.55. The van der Waals surface area contributed by atoms with Gasteiger partial charge in [0, 0.05) is 13.8 Å². The van der Waals surface area contributed by atoms with Gasteiger partial charge >= 0.3 is 5.97 Å². The van der Waals surface area contributed by atoms with Crippen LogP contribution in [-0.4, -0.2) is 76.0 Å². The lowest BCUT2D eigenvalue weighted by Gasteiger charge is -2.51. The van der Waals surface area contributed by atoms with Crippen LogP contribution in [0.2, 0.25) is 25.7 Å². The summed E-state index contributed by atoms with van der Waals surface area (Å²) < 4.78 is 61.5. The molecular formula is C37H47NO8S2Si. The fraction of sp³-hybridized carbons (Fsp3) is 0.432. The third kappa shape index (κ3) is 9.84. The number of fused-ring (bicyclic) bond motifs is 1. The molecule has 12 heteroatoms. The van der Waals surface area contributed by atoms with Gasteiger partial charge in [-0.15, -0.1) is 11.8 Å². The standard InChI is InChI=1S/C37H47NO8S2Si/c1-27-34(37(39)42-2)47-35-33(45-25-30-19-13-8-14-20-30)32(44-24-29-17-11-7-12-18-29)31(26-43-23-28-15-9-6-10-16-28)46-36(35)38(27)48(40,41)21-22-49(3,4)5/h6-20,31-33,35-36H,21-26H2,1-5H3/t31-,32-,33-,35+,36-/m1/s1. The van der Waals surface area contributed by atoms with Crippen LogP contribution in [0.1, 0.15) is 23.6 Å². The van der Waals surface area contributed by atoms with E-state index in [0.29, 0.717) is 12.7 Å². The van der Waals surface area contributed by atoms with Crippen molar-refractivity contribution in [2.24, 2.45) is 0 Å². The van der Waals surface area contributed by atoms with Gasteiger partial charge in [0.05, 0.1) is 44.5 Å². The zero-order valence-electron chi connectivity index (χ0n) is 28.8. The predicted octanol–water partition coefficient (Wildman–Crippen LogP) is 6.59. The Morgan fingerprint density at radius 1 is 0.816 bits per heavy atom. The summed E-state index contributed by atoms with van der Waals surface area (Å²) >= 11 is 1.23. The number of carbonyl (C=O) groups is 1. The molecular weight excluding hydrogens is 679 g/mol. The Hall–Kier alpha value is -2.97. The average molecular weight is 726 g/mol. The van der Waals surface area contributed by atoms with Gasteiger partial charge in [-0.3, -0.25) is 0 Å². The topological polar surface area (TPSA) is 101 Å². The van der Waals surface area contributed by atoms with Gasteiger partial charge in [0.2, 0.25) is 10.0 Å². The number of hydrogen-bond acceptors (Lipinski definition) is 9. The lowest BCUT2D eigenvalue weighted by Crippen LogP contribution is -2.65. The van der Waals surface area contributed by atoms with E-state index < -0.39 is 53.9 Å². The van der Waals surface area contributed by atoms with Crippen LogP contribution in [0, 0.1) is 0 Å². The zero-order chi connectivity index (χ0) is 35.0. The van der Waals surface area contributed by atoms with Gasteiger partial charge in [0.25, 0.3) is 0 Å². The number of benzene rings is 3. The highest BCUT2D eigenvalue weighted by atomic mass is 32.2. The number of esters is 1. The summed E-state index contributed by atoms with van der Waals surface area (Å²) in [6.07, 6.45) is -3.04. The molecule has 2 aliphatic heterocycles. The SMILES string of the molecule is COC(=O)C1=C(C)N(S(=O)(=O)CC[Si](C)(C)C)[C@@H]2O[C@H](COCc3ccccc3)[C@@H](OCc3ccccc3)[C@@H](OCc3ccccc3)[C@@H]2S1. The molecule has 3 aromatic carbocycles. The van der Waals surface area contributed by atoms with E-state index in [0.717, 1.165) is 16.7 Å². The van der Waals surface area contributed by atoms with Crippen LogP contribution in [0.4, 0.5) is 0 Å². The normalized spacial score (nSPS) is 22.9. The van der Waals surface area contributed by atoms with Crippen molar-refractivity contribution >= 4 is 35.8 Å². The highest BCUT2D eigenvalue weighted by Crippen LogP contribution is 2.46. The molecule has 0 N–H and O–H groups in total. The second kappa shape index (κ2) is 16.8. The first kappa shape index (κ1) is 37.3. The monoisotopic (exact) mass is 725 g/mol. The van der Waals surface area contributed by atoms with Crippen molar-refractivity contribution < 1.29 is 36.9 Å². The van der Waals surface area contributed by atoms with Gasteiger partial charge in [0.15, 0.2) is 6.23 Å². The molecule has 3 aromatic rings. The summed E-state index contributed by atoms with van der Waals surface area (Å²) in [5, 5.41) is -0.658. The highest BCUT2D eigenvalue weighted by Gasteiger charge is 2.55. The Morgan fingerprint density at radius 2 is 1.33 bits per heavy atom. The maximum absolute atomic E-state index is 14.3. The van der Waals surface area contributed by atoms with Crippen molar-refractivity contribution in [2.45, 2.75) is 82.2 Å². The molecule has 264 valence electrons. The molecule has 5 atom stereocenters.